The van der Waals surface area contributed by atoms with Crippen LogP contribution in [0.5, 0.6) is 0 Å². The van der Waals surface area contributed by atoms with Crippen molar-refractivity contribution in [3.05, 3.63) is 11.3 Å². The van der Waals surface area contributed by atoms with Crippen LogP contribution in [0.15, 0.2) is 11.3 Å². The number of carbonyl (C=O) groups is 1. The first-order valence-corrected chi connectivity index (χ1v) is 7.11. The van der Waals surface area contributed by atoms with Gasteiger partial charge in [-0.05, 0) is 18.3 Å². The molecule has 0 bridgehead atoms. The van der Waals surface area contributed by atoms with Crippen LogP contribution in [0.1, 0.15) is 33.1 Å². The summed E-state index contributed by atoms with van der Waals surface area (Å²) in [6.45, 7) is 3.48. The molecule has 0 saturated carbocycles. The summed E-state index contributed by atoms with van der Waals surface area (Å²) >= 11 is 0. The van der Waals surface area contributed by atoms with Gasteiger partial charge < -0.3 is 8.92 Å². The predicted molar refractivity (Wildman–Crippen MR) is 62.7 cm³/mol. The Bertz CT molecular complexity index is 531. The molecule has 0 aromatic carbocycles. The first-order valence-electron chi connectivity index (χ1n) is 5.71. The molecule has 0 aromatic rings. The highest BCUT2D eigenvalue weighted by Crippen LogP contribution is 2.41. The zero-order valence-electron chi connectivity index (χ0n) is 11.2. The Hall–Kier alpha value is -1.25. The molecule has 1 rings (SSSR count). The summed E-state index contributed by atoms with van der Waals surface area (Å²) in [5.41, 5.74) is -6.17. The van der Waals surface area contributed by atoms with E-state index in [1.807, 2.05) is 0 Å². The largest absolute Gasteiger partial charge is 0.534 e. The summed E-state index contributed by atoms with van der Waals surface area (Å²) in [6, 6.07) is 0. The lowest BCUT2D eigenvalue weighted by Gasteiger charge is -2.31. The lowest BCUT2D eigenvalue weighted by molar-refractivity contribution is -0.136. The molecule has 0 heterocycles. The molecule has 1 aliphatic carbocycles. The molecule has 116 valence electrons. The molecule has 0 unspecified atom stereocenters. The number of rotatable bonds is 3. The van der Waals surface area contributed by atoms with Crippen LogP contribution < -0.4 is 0 Å². The second-order valence-electron chi connectivity index (χ2n) is 5.22. The van der Waals surface area contributed by atoms with E-state index in [1.54, 1.807) is 13.8 Å². The molecule has 0 saturated heterocycles. The summed E-state index contributed by atoms with van der Waals surface area (Å²) < 4.78 is 67.7. The SMILES string of the molecule is COC(=O)C1=C(OS(=O)(=O)C(F)(F)F)CC(C)(C)CC1. The molecular formula is C11H15F3O5S. The summed E-state index contributed by atoms with van der Waals surface area (Å²) in [5.74, 6) is -1.38. The van der Waals surface area contributed by atoms with E-state index in [0.29, 0.717) is 6.42 Å². The van der Waals surface area contributed by atoms with Crippen LogP contribution in [0.4, 0.5) is 13.2 Å². The number of halogens is 3. The Morgan fingerprint density at radius 3 is 2.30 bits per heavy atom. The van der Waals surface area contributed by atoms with Gasteiger partial charge in [-0.3, -0.25) is 0 Å². The highest BCUT2D eigenvalue weighted by atomic mass is 32.2. The third kappa shape index (κ3) is 3.65. The normalized spacial score (nSPS) is 19.7. The van der Waals surface area contributed by atoms with Crippen molar-refractivity contribution >= 4 is 16.1 Å². The van der Waals surface area contributed by atoms with E-state index in [1.165, 1.54) is 0 Å². The van der Waals surface area contributed by atoms with Crippen molar-refractivity contribution in [3.63, 3.8) is 0 Å². The lowest BCUT2D eigenvalue weighted by atomic mass is 9.77. The van der Waals surface area contributed by atoms with E-state index in [-0.39, 0.29) is 18.4 Å². The maximum atomic E-state index is 12.3. The molecule has 1 aliphatic rings. The molecule has 5 nitrogen and oxygen atoms in total. The van der Waals surface area contributed by atoms with Gasteiger partial charge in [0.25, 0.3) is 0 Å². The second-order valence-corrected chi connectivity index (χ2v) is 6.76. The van der Waals surface area contributed by atoms with Crippen molar-refractivity contribution in [2.75, 3.05) is 7.11 Å². The Morgan fingerprint density at radius 1 is 1.30 bits per heavy atom. The van der Waals surface area contributed by atoms with Crippen molar-refractivity contribution in [2.45, 2.75) is 38.6 Å². The zero-order chi connectivity index (χ0) is 15.8. The number of esters is 1. The van der Waals surface area contributed by atoms with Crippen molar-refractivity contribution in [1.29, 1.82) is 0 Å². The summed E-state index contributed by atoms with van der Waals surface area (Å²) in [6.07, 6.45) is 0.519. The smallest absolute Gasteiger partial charge is 0.466 e. The monoisotopic (exact) mass is 316 g/mol. The minimum Gasteiger partial charge on any atom is -0.466 e. The third-order valence-electron chi connectivity index (χ3n) is 2.95. The van der Waals surface area contributed by atoms with Crippen LogP contribution in [0.2, 0.25) is 0 Å². The van der Waals surface area contributed by atoms with E-state index in [0.717, 1.165) is 7.11 Å². The van der Waals surface area contributed by atoms with Gasteiger partial charge in [0.1, 0.15) is 5.76 Å². The minimum atomic E-state index is -5.79. The zero-order valence-corrected chi connectivity index (χ0v) is 12.0. The van der Waals surface area contributed by atoms with Gasteiger partial charge in [0.15, 0.2) is 0 Å². The van der Waals surface area contributed by atoms with Crippen molar-refractivity contribution in [3.8, 4) is 0 Å². The number of allylic oxidation sites excluding steroid dienone is 1. The average Bonchev–Trinajstić information content (AvgIpc) is 2.25. The summed E-state index contributed by atoms with van der Waals surface area (Å²) in [5, 5.41) is 0. The van der Waals surface area contributed by atoms with Gasteiger partial charge in [-0.15, -0.1) is 0 Å². The fourth-order valence-electron chi connectivity index (χ4n) is 1.83. The van der Waals surface area contributed by atoms with Gasteiger partial charge in [-0.1, -0.05) is 13.8 Å². The molecule has 0 atom stereocenters. The molecule has 0 aromatic heterocycles. The molecular weight excluding hydrogens is 301 g/mol. The molecule has 0 aliphatic heterocycles. The molecule has 20 heavy (non-hydrogen) atoms. The molecule has 0 N–H and O–H groups in total. The Kier molecular flexibility index (Phi) is 4.42. The Morgan fingerprint density at radius 2 is 1.85 bits per heavy atom. The number of hydrogen-bond donors (Lipinski definition) is 0. The second kappa shape index (κ2) is 5.27. The maximum Gasteiger partial charge on any atom is 0.534 e. The molecule has 0 amide bonds. The van der Waals surface area contributed by atoms with Crippen LogP contribution in [0.25, 0.3) is 0 Å². The van der Waals surface area contributed by atoms with Gasteiger partial charge in [-0.25, -0.2) is 4.79 Å². The summed E-state index contributed by atoms with van der Waals surface area (Å²) in [4.78, 5) is 11.5. The van der Waals surface area contributed by atoms with Crippen molar-refractivity contribution in [2.24, 2.45) is 5.41 Å². The molecule has 0 fully saturated rings. The highest BCUT2D eigenvalue weighted by Gasteiger charge is 2.50. The van der Waals surface area contributed by atoms with E-state index < -0.39 is 32.8 Å². The first-order chi connectivity index (χ1) is 8.89. The standard InChI is InChI=1S/C11H15F3O5S/c1-10(2)5-4-7(9(15)18-3)8(6-10)19-20(16,17)11(12,13)14/h4-6H2,1-3H3. The topological polar surface area (TPSA) is 69.7 Å². The van der Waals surface area contributed by atoms with Crippen LogP contribution in [-0.2, 0) is 23.8 Å². The van der Waals surface area contributed by atoms with E-state index in [9.17, 15) is 26.4 Å². The van der Waals surface area contributed by atoms with Crippen molar-refractivity contribution < 1.29 is 35.3 Å². The maximum absolute atomic E-state index is 12.3. The fourth-order valence-corrected chi connectivity index (χ4v) is 2.35. The molecule has 0 radical (unpaired) electrons. The highest BCUT2D eigenvalue weighted by molar-refractivity contribution is 7.87. The van der Waals surface area contributed by atoms with Crippen molar-refractivity contribution in [1.82, 2.24) is 0 Å². The van der Waals surface area contributed by atoms with E-state index >= 15 is 0 Å². The molecule has 0 spiro atoms. The number of hydrogen-bond acceptors (Lipinski definition) is 5. The van der Waals surface area contributed by atoms with Crippen LogP contribution in [0, 0.1) is 5.41 Å². The number of ether oxygens (including phenoxy) is 1. The molecule has 9 heteroatoms. The van der Waals surface area contributed by atoms with Crippen LogP contribution >= 0.6 is 0 Å². The van der Waals surface area contributed by atoms with Gasteiger partial charge in [0, 0.05) is 6.42 Å². The first kappa shape index (κ1) is 16.8. The van der Waals surface area contributed by atoms with Crippen LogP contribution in [-0.4, -0.2) is 27.0 Å². The van der Waals surface area contributed by atoms with Gasteiger partial charge in [-0.2, -0.15) is 21.6 Å². The Labute approximate surface area is 114 Å². The average molecular weight is 316 g/mol. The van der Waals surface area contributed by atoms with Gasteiger partial charge >= 0.3 is 21.6 Å². The summed E-state index contributed by atoms with van der Waals surface area (Å²) in [7, 11) is -4.73. The quantitative estimate of drug-likeness (QED) is 0.454. The van der Waals surface area contributed by atoms with E-state index in [4.69, 9.17) is 0 Å². The van der Waals surface area contributed by atoms with Gasteiger partial charge in [0.2, 0.25) is 0 Å². The number of methoxy groups -OCH3 is 1. The minimum absolute atomic E-state index is 0.0905. The Balaban J connectivity index is 3.20. The predicted octanol–water partition coefficient (Wildman–Crippen LogP) is 2.49. The third-order valence-corrected chi connectivity index (χ3v) is 3.94. The number of carbonyl (C=O) groups excluding carboxylic acids is 1. The lowest BCUT2D eigenvalue weighted by Crippen LogP contribution is -2.30. The fraction of sp³-hybridized carbons (Fsp3) is 0.727. The number of alkyl halides is 3. The van der Waals surface area contributed by atoms with Crippen LogP contribution in [0.3, 0.4) is 0 Å². The van der Waals surface area contributed by atoms with Gasteiger partial charge in [0.05, 0.1) is 12.7 Å². The van der Waals surface area contributed by atoms with E-state index in [2.05, 4.69) is 8.92 Å².